The highest BCUT2D eigenvalue weighted by Gasteiger charge is 2.36. The van der Waals surface area contributed by atoms with Crippen molar-refractivity contribution in [1.29, 1.82) is 0 Å². The number of aliphatic carboxylic acids is 1. The summed E-state index contributed by atoms with van der Waals surface area (Å²) in [6.07, 6.45) is 3.35. The minimum absolute atomic E-state index is 0.0880. The fraction of sp³-hybridized carbons (Fsp3) is 0.923. The quantitative estimate of drug-likeness (QED) is 0.683. The van der Waals surface area contributed by atoms with Crippen molar-refractivity contribution in [2.45, 2.75) is 50.2 Å². The Bertz CT molecular complexity index is 453. The molecule has 1 aliphatic carbocycles. The number of nitrogens with one attached hydrogen (secondary N) is 1. The zero-order valence-electron chi connectivity index (χ0n) is 11.5. The van der Waals surface area contributed by atoms with Gasteiger partial charge in [0.2, 0.25) is 0 Å². The van der Waals surface area contributed by atoms with Crippen LogP contribution in [0, 0.1) is 5.92 Å². The molecule has 6 nitrogen and oxygen atoms in total. The standard InChI is InChI=1S/C13H23NO5S/c15-12(16)10-3-5-13(17,6-4-10)9-14-11-2-1-7-20(18,19)8-11/h10-11,14,17H,1-9H2,(H,15,16). The molecule has 1 aliphatic heterocycles. The van der Waals surface area contributed by atoms with Gasteiger partial charge in [-0.2, -0.15) is 0 Å². The highest BCUT2D eigenvalue weighted by atomic mass is 32.2. The van der Waals surface area contributed by atoms with E-state index in [9.17, 15) is 18.3 Å². The van der Waals surface area contributed by atoms with Gasteiger partial charge in [-0.1, -0.05) is 0 Å². The molecule has 2 aliphatic rings. The van der Waals surface area contributed by atoms with Gasteiger partial charge in [0.15, 0.2) is 9.84 Å². The Morgan fingerprint density at radius 3 is 2.45 bits per heavy atom. The molecule has 1 heterocycles. The summed E-state index contributed by atoms with van der Waals surface area (Å²) in [6.45, 7) is 0.347. The number of carboxylic acids is 1. The van der Waals surface area contributed by atoms with Crippen LogP contribution < -0.4 is 5.32 Å². The third-order valence-corrected chi connectivity index (χ3v) is 6.27. The van der Waals surface area contributed by atoms with Crippen molar-refractivity contribution in [2.75, 3.05) is 18.1 Å². The molecule has 2 fully saturated rings. The SMILES string of the molecule is O=C(O)C1CCC(O)(CNC2CCCS(=O)(=O)C2)CC1. The predicted molar refractivity (Wildman–Crippen MR) is 74.2 cm³/mol. The van der Waals surface area contributed by atoms with E-state index in [-0.39, 0.29) is 23.5 Å². The van der Waals surface area contributed by atoms with Crippen LogP contribution in [0.3, 0.4) is 0 Å². The second-order valence-corrected chi connectivity index (χ2v) is 8.40. The molecule has 1 atom stereocenters. The molecule has 0 aromatic carbocycles. The molecule has 2 rings (SSSR count). The van der Waals surface area contributed by atoms with E-state index in [1.54, 1.807) is 0 Å². The molecule has 1 saturated heterocycles. The van der Waals surface area contributed by atoms with Gasteiger partial charge in [0, 0.05) is 12.6 Å². The molecular weight excluding hydrogens is 282 g/mol. The lowest BCUT2D eigenvalue weighted by Crippen LogP contribution is -2.50. The Morgan fingerprint density at radius 1 is 1.25 bits per heavy atom. The maximum Gasteiger partial charge on any atom is 0.306 e. The zero-order chi connectivity index (χ0) is 14.8. The molecule has 0 bridgehead atoms. The second-order valence-electron chi connectivity index (χ2n) is 6.17. The third kappa shape index (κ3) is 4.17. The van der Waals surface area contributed by atoms with Gasteiger partial charge < -0.3 is 15.5 Å². The van der Waals surface area contributed by atoms with Gasteiger partial charge in [-0.15, -0.1) is 0 Å². The van der Waals surface area contributed by atoms with E-state index in [4.69, 9.17) is 5.11 Å². The number of carbonyl (C=O) groups is 1. The monoisotopic (exact) mass is 305 g/mol. The molecule has 3 N–H and O–H groups in total. The number of carboxylic acid groups (broad SMARTS) is 1. The van der Waals surface area contributed by atoms with Gasteiger partial charge in [-0.3, -0.25) is 4.79 Å². The molecule has 0 aromatic rings. The lowest BCUT2D eigenvalue weighted by molar-refractivity contribution is -0.144. The summed E-state index contributed by atoms with van der Waals surface area (Å²) in [5.74, 6) is -0.750. The molecule has 0 aromatic heterocycles. The van der Waals surface area contributed by atoms with Crippen LogP contribution in [0.5, 0.6) is 0 Å². The van der Waals surface area contributed by atoms with Crippen molar-refractivity contribution < 1.29 is 23.4 Å². The average Bonchev–Trinajstić information content (AvgIpc) is 2.36. The second kappa shape index (κ2) is 5.99. The van der Waals surface area contributed by atoms with E-state index in [1.165, 1.54) is 0 Å². The summed E-state index contributed by atoms with van der Waals surface area (Å²) in [5, 5.41) is 22.5. The van der Waals surface area contributed by atoms with Gasteiger partial charge >= 0.3 is 5.97 Å². The number of hydrogen-bond donors (Lipinski definition) is 3. The summed E-state index contributed by atoms with van der Waals surface area (Å²) in [5.41, 5.74) is -0.896. The van der Waals surface area contributed by atoms with Gasteiger partial charge in [-0.25, -0.2) is 8.42 Å². The van der Waals surface area contributed by atoms with Crippen LogP contribution in [-0.2, 0) is 14.6 Å². The first-order valence-electron chi connectivity index (χ1n) is 7.19. The Labute approximate surface area is 119 Å². The molecule has 20 heavy (non-hydrogen) atoms. The van der Waals surface area contributed by atoms with Crippen molar-refractivity contribution in [3.63, 3.8) is 0 Å². The highest BCUT2D eigenvalue weighted by Crippen LogP contribution is 2.32. The minimum Gasteiger partial charge on any atom is -0.481 e. The van der Waals surface area contributed by atoms with Crippen molar-refractivity contribution in [3.8, 4) is 0 Å². The lowest BCUT2D eigenvalue weighted by atomic mass is 9.78. The molecule has 116 valence electrons. The first-order chi connectivity index (χ1) is 9.30. The summed E-state index contributed by atoms with van der Waals surface area (Å²) in [4.78, 5) is 10.9. The first kappa shape index (κ1) is 15.7. The van der Waals surface area contributed by atoms with Crippen LogP contribution in [0.4, 0.5) is 0 Å². The van der Waals surface area contributed by atoms with Crippen molar-refractivity contribution in [1.82, 2.24) is 5.32 Å². The number of sulfone groups is 1. The summed E-state index contributed by atoms with van der Waals surface area (Å²) in [7, 11) is -2.95. The molecule has 0 amide bonds. The van der Waals surface area contributed by atoms with E-state index < -0.39 is 21.4 Å². The Morgan fingerprint density at radius 2 is 1.90 bits per heavy atom. The predicted octanol–water partition coefficient (Wildman–Crippen LogP) is 0.159. The summed E-state index contributed by atoms with van der Waals surface area (Å²) >= 11 is 0. The number of rotatable bonds is 4. The van der Waals surface area contributed by atoms with E-state index in [0.717, 1.165) is 6.42 Å². The summed E-state index contributed by atoms with van der Waals surface area (Å²) in [6, 6.07) is -0.0880. The van der Waals surface area contributed by atoms with Crippen molar-refractivity contribution in [2.24, 2.45) is 5.92 Å². The Hall–Kier alpha value is -0.660. The minimum atomic E-state index is -2.95. The normalized spacial score (nSPS) is 37.5. The van der Waals surface area contributed by atoms with Crippen LogP contribution >= 0.6 is 0 Å². The van der Waals surface area contributed by atoms with Gasteiger partial charge in [0.25, 0.3) is 0 Å². The van der Waals surface area contributed by atoms with Crippen LogP contribution in [-0.4, -0.2) is 54.3 Å². The van der Waals surface area contributed by atoms with E-state index >= 15 is 0 Å². The lowest BCUT2D eigenvalue weighted by Gasteiger charge is -2.36. The van der Waals surface area contributed by atoms with Gasteiger partial charge in [0.1, 0.15) is 0 Å². The maximum absolute atomic E-state index is 11.5. The van der Waals surface area contributed by atoms with Crippen molar-refractivity contribution >= 4 is 15.8 Å². The maximum atomic E-state index is 11.5. The average molecular weight is 305 g/mol. The smallest absolute Gasteiger partial charge is 0.306 e. The Balaban J connectivity index is 1.80. The van der Waals surface area contributed by atoms with E-state index in [0.29, 0.717) is 38.6 Å². The molecular formula is C13H23NO5S. The van der Waals surface area contributed by atoms with Crippen LogP contribution in [0.25, 0.3) is 0 Å². The molecule has 7 heteroatoms. The highest BCUT2D eigenvalue weighted by molar-refractivity contribution is 7.91. The fourth-order valence-corrected chi connectivity index (χ4v) is 4.77. The van der Waals surface area contributed by atoms with Gasteiger partial charge in [0.05, 0.1) is 23.0 Å². The third-order valence-electron chi connectivity index (χ3n) is 4.45. The molecule has 0 radical (unpaired) electrons. The summed E-state index contributed by atoms with van der Waals surface area (Å²) < 4.78 is 23.1. The van der Waals surface area contributed by atoms with Gasteiger partial charge in [-0.05, 0) is 38.5 Å². The topological polar surface area (TPSA) is 104 Å². The van der Waals surface area contributed by atoms with Crippen LogP contribution in [0.1, 0.15) is 38.5 Å². The molecule has 1 saturated carbocycles. The molecule has 0 spiro atoms. The van der Waals surface area contributed by atoms with Crippen LogP contribution in [0.2, 0.25) is 0 Å². The number of aliphatic hydroxyl groups is 1. The first-order valence-corrected chi connectivity index (χ1v) is 9.01. The van der Waals surface area contributed by atoms with Crippen molar-refractivity contribution in [3.05, 3.63) is 0 Å². The largest absolute Gasteiger partial charge is 0.481 e. The zero-order valence-corrected chi connectivity index (χ0v) is 12.4. The molecule has 1 unspecified atom stereocenters. The van der Waals surface area contributed by atoms with Crippen LogP contribution in [0.15, 0.2) is 0 Å². The fourth-order valence-electron chi connectivity index (χ4n) is 3.10. The van der Waals surface area contributed by atoms with E-state index in [1.807, 2.05) is 0 Å². The van der Waals surface area contributed by atoms with E-state index in [2.05, 4.69) is 5.32 Å². The Kier molecular flexibility index (Phi) is 4.71. The number of hydrogen-bond acceptors (Lipinski definition) is 5.